The zero-order valence-electron chi connectivity index (χ0n) is 10.5. The van der Waals surface area contributed by atoms with Crippen molar-refractivity contribution in [3.63, 3.8) is 0 Å². The van der Waals surface area contributed by atoms with Gasteiger partial charge in [-0.2, -0.15) is 11.8 Å². The van der Waals surface area contributed by atoms with Gasteiger partial charge < -0.3 is 10.8 Å². The first-order valence-corrected chi connectivity index (χ1v) is 8.17. The molecule has 0 aliphatic rings. The van der Waals surface area contributed by atoms with Crippen LogP contribution in [0.25, 0.3) is 0 Å². The van der Waals surface area contributed by atoms with Crippen molar-refractivity contribution in [2.45, 2.75) is 38.0 Å². The van der Waals surface area contributed by atoms with Gasteiger partial charge in [-0.25, -0.2) is 8.42 Å². The van der Waals surface area contributed by atoms with Crippen molar-refractivity contribution in [2.75, 3.05) is 17.3 Å². The zero-order chi connectivity index (χ0) is 13.7. The molecule has 17 heavy (non-hydrogen) atoms. The van der Waals surface area contributed by atoms with E-state index < -0.39 is 26.6 Å². The predicted molar refractivity (Wildman–Crippen MR) is 71.1 cm³/mol. The Labute approximate surface area is 107 Å². The van der Waals surface area contributed by atoms with E-state index in [9.17, 15) is 13.2 Å². The lowest BCUT2D eigenvalue weighted by Crippen LogP contribution is -2.32. The first-order valence-electron chi connectivity index (χ1n) is 5.36. The molecule has 0 fully saturated rings. The number of thioether (sulfide) groups is 1. The molecule has 0 aromatic heterocycles. The number of carboxylic acid groups (broad SMARTS) is 1. The topological polar surface area (TPSA) is 97.5 Å². The molecule has 102 valence electrons. The SMILES string of the molecule is CC(C)(C)S(=O)(=O)CCSCCC(N)C(=O)O. The lowest BCUT2D eigenvalue weighted by atomic mass is 10.2. The van der Waals surface area contributed by atoms with Gasteiger partial charge in [-0.15, -0.1) is 0 Å². The smallest absolute Gasteiger partial charge is 0.320 e. The van der Waals surface area contributed by atoms with Gasteiger partial charge in [0.2, 0.25) is 0 Å². The van der Waals surface area contributed by atoms with Crippen molar-refractivity contribution in [1.82, 2.24) is 0 Å². The van der Waals surface area contributed by atoms with Gasteiger partial charge in [0.25, 0.3) is 0 Å². The van der Waals surface area contributed by atoms with Crippen LogP contribution in [-0.2, 0) is 14.6 Å². The average Bonchev–Trinajstić information content (AvgIpc) is 2.14. The third-order valence-electron chi connectivity index (χ3n) is 2.32. The van der Waals surface area contributed by atoms with E-state index in [2.05, 4.69) is 0 Å². The fourth-order valence-electron chi connectivity index (χ4n) is 0.911. The summed E-state index contributed by atoms with van der Waals surface area (Å²) in [5.74, 6) is 0.135. The Balaban J connectivity index is 3.84. The van der Waals surface area contributed by atoms with Crippen molar-refractivity contribution in [3.05, 3.63) is 0 Å². The van der Waals surface area contributed by atoms with Crippen molar-refractivity contribution in [1.29, 1.82) is 0 Å². The summed E-state index contributed by atoms with van der Waals surface area (Å²) >= 11 is 1.42. The molecule has 0 bridgehead atoms. The second kappa shape index (κ2) is 6.61. The van der Waals surface area contributed by atoms with Crippen molar-refractivity contribution < 1.29 is 18.3 Å². The molecule has 1 unspecified atom stereocenters. The van der Waals surface area contributed by atoms with Crippen molar-refractivity contribution in [2.24, 2.45) is 5.73 Å². The molecule has 0 aromatic rings. The van der Waals surface area contributed by atoms with Crippen molar-refractivity contribution >= 4 is 27.6 Å². The Hall–Kier alpha value is -0.270. The summed E-state index contributed by atoms with van der Waals surface area (Å²) in [6, 6.07) is -0.860. The number of carbonyl (C=O) groups is 1. The summed E-state index contributed by atoms with van der Waals surface area (Å²) in [5, 5.41) is 8.54. The van der Waals surface area contributed by atoms with Crippen LogP contribution in [0, 0.1) is 0 Å². The van der Waals surface area contributed by atoms with E-state index in [-0.39, 0.29) is 5.75 Å². The van der Waals surface area contributed by atoms with Gasteiger partial charge in [-0.1, -0.05) is 0 Å². The van der Waals surface area contributed by atoms with Gasteiger partial charge in [0.05, 0.1) is 10.5 Å². The minimum atomic E-state index is -3.08. The molecule has 0 spiro atoms. The van der Waals surface area contributed by atoms with E-state index in [0.29, 0.717) is 17.9 Å². The number of rotatable bonds is 7. The van der Waals surface area contributed by atoms with Crippen molar-refractivity contribution in [3.8, 4) is 0 Å². The van der Waals surface area contributed by atoms with E-state index in [1.807, 2.05) is 0 Å². The molecule has 0 saturated carbocycles. The third-order valence-corrected chi connectivity index (χ3v) is 6.20. The summed E-state index contributed by atoms with van der Waals surface area (Å²) in [7, 11) is -3.08. The van der Waals surface area contributed by atoms with Crippen LogP contribution in [0.15, 0.2) is 0 Å². The van der Waals surface area contributed by atoms with E-state index in [4.69, 9.17) is 10.8 Å². The number of carboxylic acids is 1. The molecule has 0 rings (SSSR count). The fraction of sp³-hybridized carbons (Fsp3) is 0.900. The van der Waals surface area contributed by atoms with Crippen LogP contribution in [0.2, 0.25) is 0 Å². The maximum atomic E-state index is 11.7. The highest BCUT2D eigenvalue weighted by atomic mass is 32.2. The molecule has 7 heteroatoms. The van der Waals surface area contributed by atoms with Gasteiger partial charge in [-0.3, -0.25) is 4.79 Å². The third kappa shape index (κ3) is 6.28. The fourth-order valence-corrected chi connectivity index (χ4v) is 3.50. The Morgan fingerprint density at radius 3 is 2.29 bits per heavy atom. The van der Waals surface area contributed by atoms with Gasteiger partial charge >= 0.3 is 5.97 Å². The maximum absolute atomic E-state index is 11.7. The highest BCUT2D eigenvalue weighted by Gasteiger charge is 2.28. The molecule has 0 saturated heterocycles. The van der Waals surface area contributed by atoms with Crippen LogP contribution in [0.1, 0.15) is 27.2 Å². The Bertz CT molecular complexity index is 346. The normalized spacial score (nSPS) is 14.6. The molecular weight excluding hydrogens is 262 g/mol. The minimum Gasteiger partial charge on any atom is -0.480 e. The van der Waals surface area contributed by atoms with Crippen LogP contribution < -0.4 is 5.73 Å². The highest BCUT2D eigenvalue weighted by Crippen LogP contribution is 2.17. The number of sulfone groups is 1. The average molecular weight is 283 g/mol. The molecule has 0 aliphatic carbocycles. The number of aliphatic carboxylic acids is 1. The molecule has 0 aromatic carbocycles. The Kier molecular flexibility index (Phi) is 6.50. The summed E-state index contributed by atoms with van der Waals surface area (Å²) in [4.78, 5) is 10.4. The number of nitrogens with two attached hydrogens (primary N) is 1. The summed E-state index contributed by atoms with van der Waals surface area (Å²) in [6.45, 7) is 5.02. The maximum Gasteiger partial charge on any atom is 0.320 e. The lowest BCUT2D eigenvalue weighted by molar-refractivity contribution is -0.138. The second-order valence-corrected chi connectivity index (χ2v) is 8.86. The lowest BCUT2D eigenvalue weighted by Gasteiger charge is -2.18. The first kappa shape index (κ1) is 16.7. The van der Waals surface area contributed by atoms with Crippen LogP contribution in [0.5, 0.6) is 0 Å². The second-order valence-electron chi connectivity index (χ2n) is 4.78. The van der Waals surface area contributed by atoms with Crippen LogP contribution in [0.4, 0.5) is 0 Å². The standard InChI is InChI=1S/C10H21NO4S2/c1-10(2,3)17(14,15)7-6-16-5-4-8(11)9(12)13/h8H,4-7,11H2,1-3H3,(H,12,13). The Morgan fingerprint density at radius 2 is 1.88 bits per heavy atom. The molecule has 0 aliphatic heterocycles. The van der Waals surface area contributed by atoms with Crippen LogP contribution in [-0.4, -0.2) is 47.5 Å². The molecule has 0 heterocycles. The van der Waals surface area contributed by atoms with Crippen LogP contribution in [0.3, 0.4) is 0 Å². The quantitative estimate of drug-likeness (QED) is 0.669. The zero-order valence-corrected chi connectivity index (χ0v) is 12.1. The molecule has 3 N–H and O–H groups in total. The van der Waals surface area contributed by atoms with Gasteiger partial charge in [0.1, 0.15) is 6.04 Å². The highest BCUT2D eigenvalue weighted by molar-refractivity contribution is 8.00. The molecule has 0 radical (unpaired) electrons. The summed E-state index contributed by atoms with van der Waals surface area (Å²) < 4.78 is 22.7. The van der Waals surface area contributed by atoms with Gasteiger partial charge in [0.15, 0.2) is 9.84 Å². The van der Waals surface area contributed by atoms with E-state index in [1.165, 1.54) is 11.8 Å². The minimum absolute atomic E-state index is 0.115. The van der Waals surface area contributed by atoms with E-state index in [0.717, 1.165) is 0 Å². The molecule has 0 amide bonds. The van der Waals surface area contributed by atoms with E-state index >= 15 is 0 Å². The molecular formula is C10H21NO4S2. The van der Waals surface area contributed by atoms with Crippen LogP contribution >= 0.6 is 11.8 Å². The van der Waals surface area contributed by atoms with E-state index in [1.54, 1.807) is 20.8 Å². The molecule has 5 nitrogen and oxygen atoms in total. The largest absolute Gasteiger partial charge is 0.480 e. The van der Waals surface area contributed by atoms with Gasteiger partial charge in [-0.05, 0) is 32.9 Å². The number of hydrogen-bond acceptors (Lipinski definition) is 5. The predicted octanol–water partition coefficient (Wildman–Crippen LogP) is 0.735. The monoisotopic (exact) mass is 283 g/mol. The summed E-state index contributed by atoms with van der Waals surface area (Å²) in [5.41, 5.74) is 5.32. The molecule has 1 atom stereocenters. The summed E-state index contributed by atoms with van der Waals surface area (Å²) in [6.07, 6.45) is 0.357. The Morgan fingerprint density at radius 1 is 1.35 bits per heavy atom. The first-order chi connectivity index (χ1) is 7.58. The number of hydrogen-bond donors (Lipinski definition) is 2. The van der Waals surface area contributed by atoms with Gasteiger partial charge in [0, 0.05) is 5.75 Å².